The Balaban J connectivity index is 2.37. The van der Waals surface area contributed by atoms with Crippen LogP contribution < -0.4 is 4.74 Å². The number of ether oxygens (including phenoxy) is 1. The van der Waals surface area contributed by atoms with Gasteiger partial charge in [0.1, 0.15) is 17.9 Å². The summed E-state index contributed by atoms with van der Waals surface area (Å²) in [5.74, 6) is 0.171. The highest BCUT2D eigenvalue weighted by molar-refractivity contribution is 9.10. The van der Waals surface area contributed by atoms with Gasteiger partial charge >= 0.3 is 0 Å². The SMILES string of the molecule is Fc1cc(Oc2ncncc2CCl)c(Br)cc1Cl. The van der Waals surface area contributed by atoms with Crippen molar-refractivity contribution in [2.75, 3.05) is 0 Å². The summed E-state index contributed by atoms with van der Waals surface area (Å²) in [6.45, 7) is 0. The molecule has 0 radical (unpaired) electrons. The van der Waals surface area contributed by atoms with Gasteiger partial charge in [-0.25, -0.2) is 14.4 Å². The minimum Gasteiger partial charge on any atom is -0.437 e. The second kappa shape index (κ2) is 5.82. The summed E-state index contributed by atoms with van der Waals surface area (Å²) in [6.07, 6.45) is 2.86. The summed E-state index contributed by atoms with van der Waals surface area (Å²) in [5.41, 5.74) is 0.612. The molecule has 94 valence electrons. The van der Waals surface area contributed by atoms with Crippen LogP contribution in [0, 0.1) is 5.82 Å². The van der Waals surface area contributed by atoms with Crippen LogP contribution in [0.5, 0.6) is 11.6 Å². The lowest BCUT2D eigenvalue weighted by Gasteiger charge is -2.09. The van der Waals surface area contributed by atoms with Crippen LogP contribution in [0.3, 0.4) is 0 Å². The van der Waals surface area contributed by atoms with Crippen LogP contribution in [-0.2, 0) is 5.88 Å². The van der Waals surface area contributed by atoms with Gasteiger partial charge in [-0.15, -0.1) is 11.6 Å². The average molecular weight is 352 g/mol. The maximum Gasteiger partial charge on any atom is 0.226 e. The molecule has 1 aromatic carbocycles. The fourth-order valence-corrected chi connectivity index (χ4v) is 2.12. The molecular weight excluding hydrogens is 346 g/mol. The Hall–Kier alpha value is -0.910. The molecule has 3 nitrogen and oxygen atoms in total. The van der Waals surface area contributed by atoms with E-state index in [2.05, 4.69) is 25.9 Å². The molecule has 0 N–H and O–H groups in total. The average Bonchev–Trinajstić information content (AvgIpc) is 2.36. The minimum atomic E-state index is -0.573. The van der Waals surface area contributed by atoms with Crippen molar-refractivity contribution in [3.63, 3.8) is 0 Å². The van der Waals surface area contributed by atoms with Gasteiger partial charge in [0.2, 0.25) is 5.88 Å². The second-order valence-electron chi connectivity index (χ2n) is 3.29. The number of rotatable bonds is 3. The summed E-state index contributed by atoms with van der Waals surface area (Å²) in [7, 11) is 0. The second-order valence-corrected chi connectivity index (χ2v) is 4.81. The topological polar surface area (TPSA) is 35.0 Å². The summed E-state index contributed by atoms with van der Waals surface area (Å²) in [6, 6.07) is 2.58. The maximum absolute atomic E-state index is 13.4. The first-order chi connectivity index (χ1) is 8.61. The van der Waals surface area contributed by atoms with Gasteiger partial charge in [0.05, 0.1) is 15.4 Å². The normalized spacial score (nSPS) is 10.4. The summed E-state index contributed by atoms with van der Waals surface area (Å²) in [4.78, 5) is 7.77. The third-order valence-corrected chi connectivity index (χ3v) is 3.27. The van der Waals surface area contributed by atoms with Crippen LogP contribution >= 0.6 is 39.1 Å². The summed E-state index contributed by atoms with van der Waals surface area (Å²) < 4.78 is 19.4. The standard InChI is InChI=1S/C11H6BrCl2FN2O/c12-7-1-8(14)9(15)2-10(7)18-11-6(3-13)4-16-5-17-11/h1-2,4-5H,3H2. The number of nitrogens with zero attached hydrogens (tertiary/aromatic N) is 2. The smallest absolute Gasteiger partial charge is 0.226 e. The highest BCUT2D eigenvalue weighted by Crippen LogP contribution is 2.34. The molecule has 0 amide bonds. The van der Waals surface area contributed by atoms with Crippen molar-refractivity contribution in [1.29, 1.82) is 0 Å². The van der Waals surface area contributed by atoms with Gasteiger partial charge in [0.15, 0.2) is 0 Å². The fourth-order valence-electron chi connectivity index (χ4n) is 1.22. The highest BCUT2D eigenvalue weighted by atomic mass is 79.9. The molecule has 1 aromatic heterocycles. The van der Waals surface area contributed by atoms with Gasteiger partial charge in [-0.05, 0) is 22.0 Å². The zero-order chi connectivity index (χ0) is 13.1. The first kappa shape index (κ1) is 13.5. The van der Waals surface area contributed by atoms with Crippen molar-refractivity contribution in [2.45, 2.75) is 5.88 Å². The molecule has 0 aliphatic heterocycles. The summed E-state index contributed by atoms with van der Waals surface area (Å²) >= 11 is 14.6. The van der Waals surface area contributed by atoms with E-state index in [-0.39, 0.29) is 22.5 Å². The molecule has 0 aliphatic carbocycles. The van der Waals surface area contributed by atoms with E-state index in [9.17, 15) is 4.39 Å². The van der Waals surface area contributed by atoms with E-state index >= 15 is 0 Å². The van der Waals surface area contributed by atoms with Crippen LogP contribution in [0.2, 0.25) is 5.02 Å². The van der Waals surface area contributed by atoms with Gasteiger partial charge in [0.25, 0.3) is 0 Å². The fraction of sp³-hybridized carbons (Fsp3) is 0.0909. The molecule has 0 saturated carbocycles. The Labute approximate surface area is 121 Å². The van der Waals surface area contributed by atoms with E-state index in [1.54, 1.807) is 0 Å². The van der Waals surface area contributed by atoms with Gasteiger partial charge < -0.3 is 4.74 Å². The monoisotopic (exact) mass is 350 g/mol. The van der Waals surface area contributed by atoms with Crippen LogP contribution in [0.4, 0.5) is 4.39 Å². The largest absolute Gasteiger partial charge is 0.437 e. The molecule has 7 heteroatoms. The molecular formula is C11H6BrCl2FN2O. The van der Waals surface area contributed by atoms with Crippen molar-refractivity contribution in [2.24, 2.45) is 0 Å². The molecule has 2 rings (SSSR count). The van der Waals surface area contributed by atoms with Crippen molar-refractivity contribution in [1.82, 2.24) is 9.97 Å². The number of halogens is 4. The zero-order valence-electron chi connectivity index (χ0n) is 8.83. The van der Waals surface area contributed by atoms with Gasteiger partial charge in [0, 0.05) is 17.8 Å². The molecule has 0 unspecified atom stereocenters. The minimum absolute atomic E-state index is 0.00878. The van der Waals surface area contributed by atoms with Crippen LogP contribution in [0.1, 0.15) is 5.56 Å². The van der Waals surface area contributed by atoms with E-state index in [4.69, 9.17) is 27.9 Å². The quantitative estimate of drug-likeness (QED) is 0.600. The number of aromatic nitrogens is 2. The Bertz CT molecular complexity index is 583. The van der Waals surface area contributed by atoms with Crippen molar-refractivity contribution < 1.29 is 9.13 Å². The van der Waals surface area contributed by atoms with E-state index < -0.39 is 5.82 Å². The van der Waals surface area contributed by atoms with Crippen molar-refractivity contribution >= 4 is 39.1 Å². The molecule has 2 aromatic rings. The zero-order valence-corrected chi connectivity index (χ0v) is 11.9. The Morgan fingerprint density at radius 3 is 2.89 bits per heavy atom. The lowest BCUT2D eigenvalue weighted by Crippen LogP contribution is -1.95. The van der Waals surface area contributed by atoms with E-state index in [0.29, 0.717) is 10.0 Å². The molecule has 0 bridgehead atoms. The lowest BCUT2D eigenvalue weighted by atomic mass is 10.3. The van der Waals surface area contributed by atoms with Gasteiger partial charge in [-0.2, -0.15) is 0 Å². The Morgan fingerprint density at radius 2 is 2.17 bits per heavy atom. The van der Waals surface area contributed by atoms with E-state index in [1.807, 2.05) is 0 Å². The lowest BCUT2D eigenvalue weighted by molar-refractivity contribution is 0.449. The number of hydrogen-bond acceptors (Lipinski definition) is 3. The van der Waals surface area contributed by atoms with Crippen LogP contribution in [0.15, 0.2) is 29.1 Å². The van der Waals surface area contributed by atoms with Crippen LogP contribution in [-0.4, -0.2) is 9.97 Å². The molecule has 0 saturated heterocycles. The molecule has 0 fully saturated rings. The highest BCUT2D eigenvalue weighted by Gasteiger charge is 2.11. The predicted molar refractivity (Wildman–Crippen MR) is 70.8 cm³/mol. The van der Waals surface area contributed by atoms with Crippen LogP contribution in [0.25, 0.3) is 0 Å². The summed E-state index contributed by atoms with van der Waals surface area (Å²) in [5, 5.41) is 0.00878. The molecule has 0 atom stereocenters. The number of alkyl halides is 1. The first-order valence-corrected chi connectivity index (χ1v) is 6.49. The molecule has 0 spiro atoms. The van der Waals surface area contributed by atoms with Gasteiger partial charge in [-0.3, -0.25) is 0 Å². The third-order valence-electron chi connectivity index (χ3n) is 2.07. The maximum atomic E-state index is 13.4. The third kappa shape index (κ3) is 2.91. The number of hydrogen-bond donors (Lipinski definition) is 0. The first-order valence-electron chi connectivity index (χ1n) is 4.79. The molecule has 0 aliphatic rings. The van der Waals surface area contributed by atoms with E-state index in [0.717, 1.165) is 0 Å². The Kier molecular flexibility index (Phi) is 4.37. The van der Waals surface area contributed by atoms with Crippen molar-refractivity contribution in [3.05, 3.63) is 45.5 Å². The predicted octanol–water partition coefficient (Wildman–Crippen LogP) is 4.56. The van der Waals surface area contributed by atoms with Gasteiger partial charge in [-0.1, -0.05) is 11.6 Å². The Morgan fingerprint density at radius 1 is 1.39 bits per heavy atom. The molecule has 1 heterocycles. The van der Waals surface area contributed by atoms with E-state index in [1.165, 1.54) is 24.7 Å². The number of benzene rings is 1. The molecule has 18 heavy (non-hydrogen) atoms. The van der Waals surface area contributed by atoms with Crippen molar-refractivity contribution in [3.8, 4) is 11.6 Å².